The van der Waals surface area contributed by atoms with Crippen molar-refractivity contribution >= 4 is 40.0 Å². The van der Waals surface area contributed by atoms with Gasteiger partial charge in [0.2, 0.25) is 0 Å². The van der Waals surface area contributed by atoms with Gasteiger partial charge in [-0.15, -0.1) is 0 Å². The molecule has 2 aromatic carbocycles. The molecule has 0 unspecified atom stereocenters. The average molecular weight is 406 g/mol. The second kappa shape index (κ2) is 7.98. The molecule has 3 aromatic rings. The molecule has 0 spiro atoms. The monoisotopic (exact) mass is 405 g/mol. The number of nitrogens with zero attached hydrogens (tertiary/aromatic N) is 2. The largest absolute Gasteiger partial charge is 0.479 e. The first-order valence-corrected chi connectivity index (χ1v) is 8.95. The van der Waals surface area contributed by atoms with Gasteiger partial charge in [-0.1, -0.05) is 35.3 Å². The first-order chi connectivity index (χ1) is 12.8. The van der Waals surface area contributed by atoms with E-state index in [1.807, 2.05) is 0 Å². The van der Waals surface area contributed by atoms with Crippen LogP contribution < -0.4 is 10.3 Å². The summed E-state index contributed by atoms with van der Waals surface area (Å²) in [6.45, 7) is 1.77. The number of ether oxygens (including phenoxy) is 1. The number of likely N-dealkylation sites (N-methyl/N-ethyl adjacent to an activating group) is 1. The first kappa shape index (κ1) is 19.2. The molecule has 0 aliphatic heterocycles. The van der Waals surface area contributed by atoms with Crippen LogP contribution in [-0.2, 0) is 11.3 Å². The molecule has 0 aliphatic rings. The molecule has 1 heterocycles. The van der Waals surface area contributed by atoms with Gasteiger partial charge in [-0.3, -0.25) is 9.59 Å². The number of benzene rings is 2. The van der Waals surface area contributed by atoms with Crippen LogP contribution in [0.3, 0.4) is 0 Å². The van der Waals surface area contributed by atoms with Gasteiger partial charge in [-0.05, 0) is 37.3 Å². The third-order valence-electron chi connectivity index (χ3n) is 3.97. The molecule has 8 heteroatoms. The standard InChI is InChI=1S/C19H17Cl2N3O3/c1-11(27-16-8-7-12(20)9-14(16)21)19(26)24(2)10-17-22-15-6-4-3-5-13(15)18(25)23-17/h3-9,11H,10H2,1-2H3,(H,22,23,25)/t11-/m1/s1. The second-order valence-electron chi connectivity index (χ2n) is 6.06. The minimum absolute atomic E-state index is 0.140. The molecular formula is C19H17Cl2N3O3. The van der Waals surface area contributed by atoms with Crippen molar-refractivity contribution in [3.05, 3.63) is 68.7 Å². The number of nitrogens with one attached hydrogen (secondary N) is 1. The van der Waals surface area contributed by atoms with Crippen molar-refractivity contribution < 1.29 is 9.53 Å². The van der Waals surface area contributed by atoms with Crippen LogP contribution in [0.25, 0.3) is 10.9 Å². The Balaban J connectivity index is 1.72. The second-order valence-corrected chi connectivity index (χ2v) is 6.90. The van der Waals surface area contributed by atoms with Crippen LogP contribution in [0.4, 0.5) is 0 Å². The lowest BCUT2D eigenvalue weighted by molar-refractivity contribution is -0.137. The average Bonchev–Trinajstić information content (AvgIpc) is 2.63. The molecule has 6 nitrogen and oxygen atoms in total. The van der Waals surface area contributed by atoms with Crippen LogP contribution in [0.15, 0.2) is 47.3 Å². The highest BCUT2D eigenvalue weighted by Crippen LogP contribution is 2.28. The highest BCUT2D eigenvalue weighted by atomic mass is 35.5. The summed E-state index contributed by atoms with van der Waals surface area (Å²) in [5.41, 5.74) is 0.336. The number of para-hydroxylation sites is 1. The summed E-state index contributed by atoms with van der Waals surface area (Å²) >= 11 is 11.9. The molecule has 140 valence electrons. The fourth-order valence-electron chi connectivity index (χ4n) is 2.63. The van der Waals surface area contributed by atoms with Gasteiger partial charge in [0.15, 0.2) is 6.10 Å². The van der Waals surface area contributed by atoms with Crippen LogP contribution in [0.1, 0.15) is 12.7 Å². The Morgan fingerprint density at radius 2 is 2.00 bits per heavy atom. The summed E-state index contributed by atoms with van der Waals surface area (Å²) < 4.78 is 5.64. The summed E-state index contributed by atoms with van der Waals surface area (Å²) in [5.74, 6) is 0.482. The molecule has 1 amide bonds. The maximum absolute atomic E-state index is 12.6. The van der Waals surface area contributed by atoms with Gasteiger partial charge < -0.3 is 14.6 Å². The quantitative estimate of drug-likeness (QED) is 0.702. The van der Waals surface area contributed by atoms with Crippen LogP contribution >= 0.6 is 23.2 Å². The van der Waals surface area contributed by atoms with E-state index in [4.69, 9.17) is 27.9 Å². The highest BCUT2D eigenvalue weighted by Gasteiger charge is 2.21. The van der Waals surface area contributed by atoms with Gasteiger partial charge in [0.1, 0.15) is 11.6 Å². The summed E-state index contributed by atoms with van der Waals surface area (Å²) in [5, 5.41) is 1.31. The van der Waals surface area contributed by atoms with E-state index < -0.39 is 6.10 Å². The van der Waals surface area contributed by atoms with E-state index in [0.29, 0.717) is 32.5 Å². The number of fused-ring (bicyclic) bond motifs is 1. The van der Waals surface area contributed by atoms with Crippen molar-refractivity contribution in [2.24, 2.45) is 0 Å². The number of aromatic nitrogens is 2. The van der Waals surface area contributed by atoms with E-state index in [1.165, 1.54) is 4.90 Å². The maximum Gasteiger partial charge on any atom is 0.263 e. The molecule has 0 fully saturated rings. The predicted octanol–water partition coefficient (Wildman–Crippen LogP) is 3.66. The summed E-state index contributed by atoms with van der Waals surface area (Å²) in [7, 11) is 1.61. The molecule has 0 radical (unpaired) electrons. The smallest absolute Gasteiger partial charge is 0.263 e. The molecule has 1 aromatic heterocycles. The Kier molecular flexibility index (Phi) is 5.68. The predicted molar refractivity (Wildman–Crippen MR) is 105 cm³/mol. The lowest BCUT2D eigenvalue weighted by Crippen LogP contribution is -2.38. The lowest BCUT2D eigenvalue weighted by atomic mass is 10.2. The number of rotatable bonds is 5. The normalized spacial score (nSPS) is 12.0. The maximum atomic E-state index is 12.6. The Hall–Kier alpha value is -2.57. The summed E-state index contributed by atoms with van der Waals surface area (Å²) in [6, 6.07) is 11.8. The van der Waals surface area contributed by atoms with Crippen LogP contribution in [0.5, 0.6) is 5.75 Å². The lowest BCUT2D eigenvalue weighted by Gasteiger charge is -2.22. The molecule has 0 aliphatic carbocycles. The number of H-pyrrole nitrogens is 1. The third kappa shape index (κ3) is 4.40. The number of hydrogen-bond acceptors (Lipinski definition) is 4. The van der Waals surface area contributed by atoms with Crippen molar-refractivity contribution in [1.29, 1.82) is 0 Å². The van der Waals surface area contributed by atoms with E-state index in [1.54, 1.807) is 56.4 Å². The van der Waals surface area contributed by atoms with Gasteiger partial charge >= 0.3 is 0 Å². The number of carbonyl (C=O) groups excluding carboxylic acids is 1. The van der Waals surface area contributed by atoms with Gasteiger partial charge in [-0.2, -0.15) is 0 Å². The van der Waals surface area contributed by atoms with E-state index in [9.17, 15) is 9.59 Å². The van der Waals surface area contributed by atoms with Crippen LogP contribution in [-0.4, -0.2) is 33.9 Å². The van der Waals surface area contributed by atoms with E-state index in [0.717, 1.165) is 0 Å². The van der Waals surface area contributed by atoms with Crippen LogP contribution in [0, 0.1) is 0 Å². The van der Waals surface area contributed by atoms with Gasteiger partial charge in [0.25, 0.3) is 11.5 Å². The van der Waals surface area contributed by atoms with E-state index in [2.05, 4.69) is 9.97 Å². The van der Waals surface area contributed by atoms with Crippen LogP contribution in [0.2, 0.25) is 10.0 Å². The zero-order valence-electron chi connectivity index (χ0n) is 14.7. The Bertz CT molecular complexity index is 1050. The number of aromatic amines is 1. The van der Waals surface area contributed by atoms with Gasteiger partial charge in [0.05, 0.1) is 22.5 Å². The van der Waals surface area contributed by atoms with Crippen molar-refractivity contribution in [2.45, 2.75) is 19.6 Å². The van der Waals surface area contributed by atoms with Crippen molar-refractivity contribution in [1.82, 2.24) is 14.9 Å². The summed E-state index contributed by atoms with van der Waals surface area (Å²) in [4.78, 5) is 33.3. The number of hydrogen-bond donors (Lipinski definition) is 1. The molecule has 0 bridgehead atoms. The fraction of sp³-hybridized carbons (Fsp3) is 0.211. The Morgan fingerprint density at radius 3 is 2.74 bits per heavy atom. The Morgan fingerprint density at radius 1 is 1.26 bits per heavy atom. The minimum atomic E-state index is -0.777. The minimum Gasteiger partial charge on any atom is -0.479 e. The van der Waals surface area contributed by atoms with E-state index >= 15 is 0 Å². The van der Waals surface area contributed by atoms with Gasteiger partial charge in [0, 0.05) is 12.1 Å². The Labute approximate surface area is 165 Å². The molecule has 27 heavy (non-hydrogen) atoms. The van der Waals surface area contributed by atoms with Crippen molar-refractivity contribution in [3.8, 4) is 5.75 Å². The number of amides is 1. The molecule has 3 rings (SSSR count). The SMILES string of the molecule is C[C@@H](Oc1ccc(Cl)cc1Cl)C(=O)N(C)Cc1nc2ccccc2c(=O)[nH]1. The first-order valence-electron chi connectivity index (χ1n) is 8.20. The highest BCUT2D eigenvalue weighted by molar-refractivity contribution is 6.35. The van der Waals surface area contributed by atoms with E-state index in [-0.39, 0.29) is 18.0 Å². The molecule has 1 N–H and O–H groups in total. The molecule has 0 saturated carbocycles. The molecule has 1 atom stereocenters. The topological polar surface area (TPSA) is 75.3 Å². The zero-order chi connectivity index (χ0) is 19.6. The number of halogens is 2. The summed E-state index contributed by atoms with van der Waals surface area (Å²) in [6.07, 6.45) is -0.777. The fourth-order valence-corrected chi connectivity index (χ4v) is 3.09. The number of carbonyl (C=O) groups is 1. The molecular weight excluding hydrogens is 389 g/mol. The van der Waals surface area contributed by atoms with Crippen molar-refractivity contribution in [3.63, 3.8) is 0 Å². The van der Waals surface area contributed by atoms with Crippen molar-refractivity contribution in [2.75, 3.05) is 7.05 Å². The zero-order valence-corrected chi connectivity index (χ0v) is 16.2. The molecule has 0 saturated heterocycles. The van der Waals surface area contributed by atoms with Gasteiger partial charge in [-0.25, -0.2) is 4.98 Å². The third-order valence-corrected chi connectivity index (χ3v) is 4.50.